The zero-order valence-electron chi connectivity index (χ0n) is 12.4. The fourth-order valence-corrected chi connectivity index (χ4v) is 4.23. The van der Waals surface area contributed by atoms with Crippen molar-refractivity contribution in [1.82, 2.24) is 5.32 Å². The summed E-state index contributed by atoms with van der Waals surface area (Å²) in [7, 11) is 0. The lowest BCUT2D eigenvalue weighted by Crippen LogP contribution is -2.48. The van der Waals surface area contributed by atoms with E-state index >= 15 is 0 Å². The maximum atomic E-state index is 6.34. The minimum absolute atomic E-state index is 0.505. The molecule has 2 nitrogen and oxygen atoms in total. The third-order valence-electron chi connectivity index (χ3n) is 4.98. The van der Waals surface area contributed by atoms with Crippen molar-refractivity contribution in [3.05, 3.63) is 28.2 Å². The normalized spacial score (nSPS) is 30.1. The van der Waals surface area contributed by atoms with Crippen LogP contribution in [-0.2, 0) is 0 Å². The second-order valence-corrected chi connectivity index (χ2v) is 7.14. The summed E-state index contributed by atoms with van der Waals surface area (Å²) < 4.78 is 0. The molecule has 2 N–H and O–H groups in total. The van der Waals surface area contributed by atoms with E-state index in [-0.39, 0.29) is 0 Å². The molecule has 3 atom stereocenters. The van der Waals surface area contributed by atoms with Crippen molar-refractivity contribution in [2.24, 2.45) is 5.92 Å². The summed E-state index contributed by atoms with van der Waals surface area (Å²) in [6.45, 7) is 1.17. The Morgan fingerprint density at radius 3 is 2.62 bits per heavy atom. The van der Waals surface area contributed by atoms with Gasteiger partial charge in [0.15, 0.2) is 0 Å². The smallest absolute Gasteiger partial charge is 0.0823 e. The third-order valence-corrected chi connectivity index (χ3v) is 5.80. The van der Waals surface area contributed by atoms with E-state index in [4.69, 9.17) is 23.2 Å². The Kier molecular flexibility index (Phi) is 5.31. The molecule has 1 aromatic rings. The van der Waals surface area contributed by atoms with Crippen molar-refractivity contribution in [1.29, 1.82) is 0 Å². The van der Waals surface area contributed by atoms with Gasteiger partial charge in [-0.05, 0) is 50.3 Å². The maximum Gasteiger partial charge on any atom is 0.0823 e. The third kappa shape index (κ3) is 3.67. The molecular formula is C17H24Cl2N2. The van der Waals surface area contributed by atoms with E-state index in [9.17, 15) is 0 Å². The van der Waals surface area contributed by atoms with E-state index in [1.807, 2.05) is 18.2 Å². The number of nitrogens with one attached hydrogen (secondary N) is 2. The molecule has 0 radical (unpaired) electrons. The monoisotopic (exact) mass is 326 g/mol. The van der Waals surface area contributed by atoms with E-state index in [2.05, 4.69) is 10.6 Å². The lowest BCUT2D eigenvalue weighted by atomic mass is 9.77. The molecule has 3 unspecified atom stereocenters. The fraction of sp³-hybridized carbons (Fsp3) is 0.647. The molecule has 3 rings (SSSR count). The standard InChI is InChI=1S/C17H24Cl2N2/c18-13-7-5-10-16(17(13)19)21-15-9-2-1-6-12(15)14-8-3-4-11-20-14/h5,7,10,12,14-15,20-21H,1-4,6,8-9,11H2. The summed E-state index contributed by atoms with van der Waals surface area (Å²) in [6, 6.07) is 7.01. The average Bonchev–Trinajstić information content (AvgIpc) is 2.53. The highest BCUT2D eigenvalue weighted by Gasteiger charge is 2.32. The summed E-state index contributed by atoms with van der Waals surface area (Å²) >= 11 is 12.5. The van der Waals surface area contributed by atoms with Gasteiger partial charge < -0.3 is 10.6 Å². The van der Waals surface area contributed by atoms with Gasteiger partial charge in [0.2, 0.25) is 0 Å². The van der Waals surface area contributed by atoms with Gasteiger partial charge >= 0.3 is 0 Å². The molecule has 0 bridgehead atoms. The van der Waals surface area contributed by atoms with E-state index < -0.39 is 0 Å². The molecule has 0 aromatic heterocycles. The van der Waals surface area contributed by atoms with Gasteiger partial charge in [-0.2, -0.15) is 0 Å². The maximum absolute atomic E-state index is 6.34. The molecule has 2 aliphatic rings. The van der Waals surface area contributed by atoms with Crippen LogP contribution in [0, 0.1) is 5.92 Å². The molecule has 116 valence electrons. The van der Waals surface area contributed by atoms with Gasteiger partial charge in [0, 0.05) is 12.1 Å². The number of halogens is 2. The van der Waals surface area contributed by atoms with Crippen LogP contribution in [0.4, 0.5) is 5.69 Å². The van der Waals surface area contributed by atoms with E-state index in [0.717, 1.165) is 5.69 Å². The van der Waals surface area contributed by atoms with Crippen LogP contribution in [0.5, 0.6) is 0 Å². The summed E-state index contributed by atoms with van der Waals surface area (Å²) in [4.78, 5) is 0. The molecular weight excluding hydrogens is 303 g/mol. The first kappa shape index (κ1) is 15.5. The highest BCUT2D eigenvalue weighted by molar-refractivity contribution is 6.43. The van der Waals surface area contributed by atoms with Crippen LogP contribution in [-0.4, -0.2) is 18.6 Å². The first-order chi connectivity index (χ1) is 10.3. The summed E-state index contributed by atoms with van der Waals surface area (Å²) in [5.41, 5.74) is 0.983. The number of piperidine rings is 1. The summed E-state index contributed by atoms with van der Waals surface area (Å²) in [5.74, 6) is 0.703. The van der Waals surface area contributed by atoms with Crippen LogP contribution in [0.3, 0.4) is 0 Å². The molecule has 1 saturated carbocycles. The number of anilines is 1. The Morgan fingerprint density at radius 1 is 1.00 bits per heavy atom. The molecule has 4 heteroatoms. The Balaban J connectivity index is 1.73. The number of hydrogen-bond donors (Lipinski definition) is 2. The second-order valence-electron chi connectivity index (χ2n) is 6.36. The van der Waals surface area contributed by atoms with E-state index in [0.29, 0.717) is 28.0 Å². The lowest BCUT2D eigenvalue weighted by Gasteiger charge is -2.40. The second kappa shape index (κ2) is 7.21. The van der Waals surface area contributed by atoms with Crippen molar-refractivity contribution in [3.63, 3.8) is 0 Å². The van der Waals surface area contributed by atoms with Gasteiger partial charge in [-0.3, -0.25) is 0 Å². The predicted octanol–water partition coefficient (Wildman–Crippen LogP) is 5.11. The van der Waals surface area contributed by atoms with Crippen LogP contribution in [0.25, 0.3) is 0 Å². The molecule has 1 aliphatic heterocycles. The largest absolute Gasteiger partial charge is 0.381 e. The molecule has 1 aliphatic carbocycles. The number of benzene rings is 1. The first-order valence-electron chi connectivity index (χ1n) is 8.19. The van der Waals surface area contributed by atoms with Crippen LogP contribution < -0.4 is 10.6 Å². The first-order valence-corrected chi connectivity index (χ1v) is 8.95. The van der Waals surface area contributed by atoms with Crippen LogP contribution in [0.2, 0.25) is 10.0 Å². The number of hydrogen-bond acceptors (Lipinski definition) is 2. The zero-order chi connectivity index (χ0) is 14.7. The molecule has 0 spiro atoms. The Bertz CT molecular complexity index is 472. The van der Waals surface area contributed by atoms with Crippen molar-refractivity contribution >= 4 is 28.9 Å². The molecule has 2 fully saturated rings. The van der Waals surface area contributed by atoms with Gasteiger partial charge in [0.05, 0.1) is 15.7 Å². The Morgan fingerprint density at radius 2 is 1.81 bits per heavy atom. The van der Waals surface area contributed by atoms with Crippen molar-refractivity contribution in [3.8, 4) is 0 Å². The molecule has 1 aromatic carbocycles. The highest BCUT2D eigenvalue weighted by atomic mass is 35.5. The topological polar surface area (TPSA) is 24.1 Å². The van der Waals surface area contributed by atoms with Gasteiger partial charge in [-0.1, -0.05) is 48.5 Å². The summed E-state index contributed by atoms with van der Waals surface area (Å²) in [6.07, 6.45) is 9.19. The number of rotatable bonds is 3. The molecule has 0 amide bonds. The minimum Gasteiger partial charge on any atom is -0.381 e. The predicted molar refractivity (Wildman–Crippen MR) is 91.5 cm³/mol. The van der Waals surface area contributed by atoms with Crippen molar-refractivity contribution in [2.75, 3.05) is 11.9 Å². The molecule has 21 heavy (non-hydrogen) atoms. The zero-order valence-corrected chi connectivity index (χ0v) is 13.9. The highest BCUT2D eigenvalue weighted by Crippen LogP contribution is 2.35. The lowest BCUT2D eigenvalue weighted by molar-refractivity contribution is 0.217. The van der Waals surface area contributed by atoms with Gasteiger partial charge in [0.25, 0.3) is 0 Å². The molecule has 1 saturated heterocycles. The van der Waals surface area contributed by atoms with Crippen LogP contribution in [0.15, 0.2) is 18.2 Å². The van der Waals surface area contributed by atoms with Gasteiger partial charge in [-0.15, -0.1) is 0 Å². The van der Waals surface area contributed by atoms with Crippen molar-refractivity contribution in [2.45, 2.75) is 57.0 Å². The SMILES string of the molecule is Clc1cccc(NC2CCCCC2C2CCCCN2)c1Cl. The van der Waals surface area contributed by atoms with E-state index in [1.54, 1.807) is 0 Å². The Labute approximate surface area is 137 Å². The quantitative estimate of drug-likeness (QED) is 0.806. The van der Waals surface area contributed by atoms with E-state index in [1.165, 1.54) is 51.5 Å². The van der Waals surface area contributed by atoms with Gasteiger partial charge in [0.1, 0.15) is 0 Å². The summed E-state index contributed by atoms with van der Waals surface area (Å²) in [5, 5.41) is 8.69. The van der Waals surface area contributed by atoms with Crippen LogP contribution >= 0.6 is 23.2 Å². The minimum atomic E-state index is 0.505. The van der Waals surface area contributed by atoms with Gasteiger partial charge in [-0.25, -0.2) is 0 Å². The fourth-order valence-electron chi connectivity index (χ4n) is 3.88. The van der Waals surface area contributed by atoms with Crippen LogP contribution in [0.1, 0.15) is 44.9 Å². The Hall–Kier alpha value is -0.440. The van der Waals surface area contributed by atoms with Crippen molar-refractivity contribution < 1.29 is 0 Å². The molecule has 1 heterocycles. The average molecular weight is 327 g/mol.